The molecule has 1 aromatic rings. The van der Waals surface area contributed by atoms with E-state index in [1.807, 2.05) is 29.2 Å². The van der Waals surface area contributed by atoms with Gasteiger partial charge in [0.05, 0.1) is 7.11 Å². The summed E-state index contributed by atoms with van der Waals surface area (Å²) < 4.78 is 5.14. The van der Waals surface area contributed by atoms with Gasteiger partial charge in [-0.1, -0.05) is 12.1 Å². The SMILES string of the molecule is COc1ccc(CCNC(=O)C2(C(=O)N3CCCCC3)CC2)cc1. The first-order valence-corrected chi connectivity index (χ1v) is 8.86. The second-order valence-electron chi connectivity index (χ2n) is 6.79. The van der Waals surface area contributed by atoms with Crippen molar-refractivity contribution in [2.24, 2.45) is 5.41 Å². The lowest BCUT2D eigenvalue weighted by molar-refractivity contribution is -0.144. The zero-order valence-electron chi connectivity index (χ0n) is 14.3. The molecular formula is C19H26N2O3. The van der Waals surface area contributed by atoms with Crippen LogP contribution in [0, 0.1) is 5.41 Å². The normalized spacial score (nSPS) is 18.8. The second-order valence-corrected chi connectivity index (χ2v) is 6.79. The number of nitrogens with zero attached hydrogens (tertiary/aromatic N) is 1. The highest BCUT2D eigenvalue weighted by molar-refractivity contribution is 6.07. The first-order chi connectivity index (χ1) is 11.7. The van der Waals surface area contributed by atoms with Crippen molar-refractivity contribution in [1.82, 2.24) is 10.2 Å². The number of benzene rings is 1. The Balaban J connectivity index is 1.49. The lowest BCUT2D eigenvalue weighted by Crippen LogP contribution is -2.47. The Hall–Kier alpha value is -2.04. The van der Waals surface area contributed by atoms with E-state index >= 15 is 0 Å². The van der Waals surface area contributed by atoms with Gasteiger partial charge in [-0.3, -0.25) is 9.59 Å². The largest absolute Gasteiger partial charge is 0.497 e. The monoisotopic (exact) mass is 330 g/mol. The van der Waals surface area contributed by atoms with E-state index in [9.17, 15) is 9.59 Å². The van der Waals surface area contributed by atoms with E-state index in [1.165, 1.54) is 6.42 Å². The minimum atomic E-state index is -0.767. The van der Waals surface area contributed by atoms with E-state index in [0.717, 1.165) is 43.7 Å². The Kier molecular flexibility index (Phi) is 5.07. The highest BCUT2D eigenvalue weighted by atomic mass is 16.5. The zero-order chi connectivity index (χ0) is 17.0. The molecule has 5 nitrogen and oxygen atoms in total. The van der Waals surface area contributed by atoms with E-state index in [1.54, 1.807) is 7.11 Å². The van der Waals surface area contributed by atoms with Gasteiger partial charge in [0.15, 0.2) is 0 Å². The van der Waals surface area contributed by atoms with Gasteiger partial charge in [0, 0.05) is 19.6 Å². The summed E-state index contributed by atoms with van der Waals surface area (Å²) in [5.41, 5.74) is 0.375. The van der Waals surface area contributed by atoms with Crippen molar-refractivity contribution < 1.29 is 14.3 Å². The highest BCUT2D eigenvalue weighted by Crippen LogP contribution is 2.47. The van der Waals surface area contributed by atoms with Crippen LogP contribution in [0.5, 0.6) is 5.75 Å². The lowest BCUT2D eigenvalue weighted by atomic mass is 10.0. The fourth-order valence-electron chi connectivity index (χ4n) is 3.34. The van der Waals surface area contributed by atoms with Crippen molar-refractivity contribution in [3.63, 3.8) is 0 Å². The number of nitrogens with one attached hydrogen (secondary N) is 1. The molecule has 1 aromatic carbocycles. The minimum absolute atomic E-state index is 0.0455. The highest BCUT2D eigenvalue weighted by Gasteiger charge is 2.57. The van der Waals surface area contributed by atoms with Crippen molar-refractivity contribution in [2.45, 2.75) is 38.5 Å². The van der Waals surface area contributed by atoms with E-state index in [-0.39, 0.29) is 11.8 Å². The Morgan fingerprint density at radius 3 is 2.38 bits per heavy atom. The molecule has 2 aliphatic rings. The Labute approximate surface area is 143 Å². The maximum Gasteiger partial charge on any atom is 0.238 e. The third kappa shape index (κ3) is 3.55. The molecule has 1 saturated carbocycles. The molecule has 1 aliphatic carbocycles. The maximum absolute atomic E-state index is 12.7. The van der Waals surface area contributed by atoms with Crippen LogP contribution in [0.3, 0.4) is 0 Å². The predicted octanol–water partition coefficient (Wildman–Crippen LogP) is 2.15. The average molecular weight is 330 g/mol. The number of likely N-dealkylation sites (tertiary alicyclic amines) is 1. The average Bonchev–Trinajstić information content (AvgIpc) is 3.44. The lowest BCUT2D eigenvalue weighted by Gasteiger charge is -2.30. The quantitative estimate of drug-likeness (QED) is 0.813. The van der Waals surface area contributed by atoms with Gasteiger partial charge in [0.1, 0.15) is 11.2 Å². The van der Waals surface area contributed by atoms with Crippen LogP contribution in [0.2, 0.25) is 0 Å². The standard InChI is InChI=1S/C19H26N2O3/c1-24-16-7-5-15(6-8-16)9-12-20-17(22)19(10-11-19)18(23)21-13-3-2-4-14-21/h5-8H,2-4,9-14H2,1H3,(H,20,22). The predicted molar refractivity (Wildman–Crippen MR) is 91.8 cm³/mol. The van der Waals surface area contributed by atoms with Crippen molar-refractivity contribution in [2.75, 3.05) is 26.7 Å². The molecule has 0 unspecified atom stereocenters. The van der Waals surface area contributed by atoms with Crippen LogP contribution in [-0.2, 0) is 16.0 Å². The Morgan fingerprint density at radius 2 is 1.79 bits per heavy atom. The molecule has 1 saturated heterocycles. The summed E-state index contributed by atoms with van der Waals surface area (Å²) in [7, 11) is 1.64. The van der Waals surface area contributed by atoms with Gasteiger partial charge in [-0.05, 0) is 56.2 Å². The molecule has 0 atom stereocenters. The molecule has 1 aliphatic heterocycles. The number of piperidine rings is 1. The van der Waals surface area contributed by atoms with Crippen LogP contribution < -0.4 is 10.1 Å². The van der Waals surface area contributed by atoms with Crippen LogP contribution in [0.25, 0.3) is 0 Å². The van der Waals surface area contributed by atoms with E-state index in [0.29, 0.717) is 19.4 Å². The van der Waals surface area contributed by atoms with Crippen LogP contribution in [0.1, 0.15) is 37.7 Å². The zero-order valence-corrected chi connectivity index (χ0v) is 14.3. The molecular weight excluding hydrogens is 304 g/mol. The van der Waals surface area contributed by atoms with Crippen molar-refractivity contribution in [1.29, 1.82) is 0 Å². The molecule has 5 heteroatoms. The summed E-state index contributed by atoms with van der Waals surface area (Å²) in [6.45, 7) is 2.17. The van der Waals surface area contributed by atoms with Crippen LogP contribution >= 0.6 is 0 Å². The second kappa shape index (κ2) is 7.24. The molecule has 130 valence electrons. The van der Waals surface area contributed by atoms with Crippen molar-refractivity contribution >= 4 is 11.8 Å². The van der Waals surface area contributed by atoms with E-state index in [4.69, 9.17) is 4.74 Å². The molecule has 0 spiro atoms. The molecule has 3 rings (SSSR count). The van der Waals surface area contributed by atoms with E-state index < -0.39 is 5.41 Å². The summed E-state index contributed by atoms with van der Waals surface area (Å²) in [5, 5.41) is 2.96. The van der Waals surface area contributed by atoms with Gasteiger partial charge < -0.3 is 15.0 Å². The molecule has 1 heterocycles. The van der Waals surface area contributed by atoms with Crippen molar-refractivity contribution in [3.05, 3.63) is 29.8 Å². The third-order valence-corrected chi connectivity index (χ3v) is 5.10. The number of rotatable bonds is 6. The summed E-state index contributed by atoms with van der Waals surface area (Å²) in [6.07, 6.45) is 5.43. The number of hydrogen-bond donors (Lipinski definition) is 1. The van der Waals surface area contributed by atoms with Gasteiger partial charge in [0.25, 0.3) is 0 Å². The minimum Gasteiger partial charge on any atom is -0.497 e. The first-order valence-electron chi connectivity index (χ1n) is 8.86. The number of methoxy groups -OCH3 is 1. The number of hydrogen-bond acceptors (Lipinski definition) is 3. The number of amides is 2. The first kappa shape index (κ1) is 16.8. The van der Waals surface area contributed by atoms with Crippen molar-refractivity contribution in [3.8, 4) is 5.75 Å². The fourth-order valence-corrected chi connectivity index (χ4v) is 3.34. The molecule has 0 bridgehead atoms. The summed E-state index contributed by atoms with van der Waals surface area (Å²) in [6, 6.07) is 7.83. The molecule has 2 amide bonds. The van der Waals surface area contributed by atoms with Gasteiger partial charge in [-0.2, -0.15) is 0 Å². The summed E-state index contributed by atoms with van der Waals surface area (Å²) in [5.74, 6) is 0.780. The molecule has 0 aromatic heterocycles. The Morgan fingerprint density at radius 1 is 1.12 bits per heavy atom. The maximum atomic E-state index is 12.7. The Bertz CT molecular complexity index is 587. The van der Waals surface area contributed by atoms with E-state index in [2.05, 4.69) is 5.32 Å². The molecule has 0 radical (unpaired) electrons. The van der Waals surface area contributed by atoms with Crippen LogP contribution in [0.4, 0.5) is 0 Å². The smallest absolute Gasteiger partial charge is 0.238 e. The van der Waals surface area contributed by atoms with Gasteiger partial charge in [-0.25, -0.2) is 0 Å². The van der Waals surface area contributed by atoms with Gasteiger partial charge in [-0.15, -0.1) is 0 Å². The number of carbonyl (C=O) groups is 2. The van der Waals surface area contributed by atoms with Gasteiger partial charge >= 0.3 is 0 Å². The molecule has 24 heavy (non-hydrogen) atoms. The van der Waals surface area contributed by atoms with Gasteiger partial charge in [0.2, 0.25) is 11.8 Å². The topological polar surface area (TPSA) is 58.6 Å². The third-order valence-electron chi connectivity index (χ3n) is 5.10. The van der Waals surface area contributed by atoms with Crippen LogP contribution in [0.15, 0.2) is 24.3 Å². The number of ether oxygens (including phenoxy) is 1. The molecule has 1 N–H and O–H groups in total. The fraction of sp³-hybridized carbons (Fsp3) is 0.579. The van der Waals surface area contributed by atoms with Crippen LogP contribution in [-0.4, -0.2) is 43.5 Å². The number of carbonyl (C=O) groups excluding carboxylic acids is 2. The summed E-state index contributed by atoms with van der Waals surface area (Å²) >= 11 is 0. The molecule has 2 fully saturated rings. The summed E-state index contributed by atoms with van der Waals surface area (Å²) in [4.78, 5) is 27.1.